The van der Waals surface area contributed by atoms with E-state index in [9.17, 15) is 4.79 Å². The van der Waals surface area contributed by atoms with E-state index in [1.54, 1.807) is 4.57 Å². The molecule has 2 heterocycles. The van der Waals surface area contributed by atoms with Crippen LogP contribution in [0.5, 0.6) is 0 Å². The molecule has 148 valence electrons. The number of halogens is 1. The minimum Gasteiger partial charge on any atom is -0.361 e. The maximum absolute atomic E-state index is 13.2. The van der Waals surface area contributed by atoms with E-state index in [1.807, 2.05) is 62.4 Å². The molecule has 0 amide bonds. The highest BCUT2D eigenvalue weighted by molar-refractivity contribution is 7.98. The number of aryl methyl sites for hydroxylation is 3. The second-order valence-corrected chi connectivity index (χ2v) is 8.22. The van der Waals surface area contributed by atoms with Gasteiger partial charge in [0.15, 0.2) is 5.16 Å². The summed E-state index contributed by atoms with van der Waals surface area (Å²) in [6.07, 6.45) is 0.718. The highest BCUT2D eigenvalue weighted by Gasteiger charge is 2.15. The lowest BCUT2D eigenvalue weighted by molar-refractivity contribution is 0.392. The summed E-state index contributed by atoms with van der Waals surface area (Å²) in [4.78, 5) is 18.0. The Morgan fingerprint density at radius 2 is 1.86 bits per heavy atom. The van der Waals surface area contributed by atoms with Crippen molar-refractivity contribution in [3.8, 4) is 0 Å². The number of fused-ring (bicyclic) bond motifs is 1. The average molecular weight is 426 g/mol. The number of para-hydroxylation sites is 1. The predicted octanol–water partition coefficient (Wildman–Crippen LogP) is 5.19. The van der Waals surface area contributed by atoms with Crippen molar-refractivity contribution in [2.75, 3.05) is 0 Å². The summed E-state index contributed by atoms with van der Waals surface area (Å²) in [6.45, 7) is 4.37. The van der Waals surface area contributed by atoms with Gasteiger partial charge >= 0.3 is 0 Å². The summed E-state index contributed by atoms with van der Waals surface area (Å²) in [5.74, 6) is 1.44. The zero-order valence-corrected chi connectivity index (χ0v) is 17.8. The van der Waals surface area contributed by atoms with E-state index in [0.717, 1.165) is 29.0 Å². The summed E-state index contributed by atoms with van der Waals surface area (Å²) >= 11 is 7.51. The molecule has 0 unspecified atom stereocenters. The van der Waals surface area contributed by atoms with Crippen molar-refractivity contribution in [3.05, 3.63) is 86.5 Å². The van der Waals surface area contributed by atoms with Crippen molar-refractivity contribution in [1.82, 2.24) is 14.7 Å². The number of hydrogen-bond acceptors (Lipinski definition) is 5. The van der Waals surface area contributed by atoms with Crippen LogP contribution in [0.25, 0.3) is 10.9 Å². The zero-order valence-electron chi connectivity index (χ0n) is 16.2. The van der Waals surface area contributed by atoms with Crippen molar-refractivity contribution in [2.45, 2.75) is 37.7 Å². The number of benzene rings is 2. The SMILES string of the molecule is Cc1noc(C)c1CSc1nc2ccccc2c(=O)n1CCc1ccc(Cl)cc1. The van der Waals surface area contributed by atoms with Gasteiger partial charge in [0.05, 0.1) is 16.6 Å². The standard InChI is InChI=1S/C22H20ClN3O2S/c1-14-19(15(2)28-25-14)13-29-22-24-20-6-4-3-5-18(20)21(27)26(22)12-11-16-7-9-17(23)10-8-16/h3-10H,11-13H2,1-2H3. The van der Waals surface area contributed by atoms with Gasteiger partial charge < -0.3 is 4.52 Å². The second-order valence-electron chi connectivity index (χ2n) is 6.84. The third kappa shape index (κ3) is 4.23. The Labute approximate surface area is 177 Å². The van der Waals surface area contributed by atoms with Crippen molar-refractivity contribution in [3.63, 3.8) is 0 Å². The second kappa shape index (κ2) is 8.43. The molecule has 4 aromatic rings. The molecule has 29 heavy (non-hydrogen) atoms. The molecular weight excluding hydrogens is 406 g/mol. The quantitative estimate of drug-likeness (QED) is 0.314. The number of aromatic nitrogens is 3. The monoisotopic (exact) mass is 425 g/mol. The minimum atomic E-state index is -0.0224. The Kier molecular flexibility index (Phi) is 5.74. The van der Waals surface area contributed by atoms with E-state index in [2.05, 4.69) is 5.16 Å². The third-order valence-electron chi connectivity index (χ3n) is 4.89. The summed E-state index contributed by atoms with van der Waals surface area (Å²) in [5.41, 5.74) is 3.72. The van der Waals surface area contributed by atoms with E-state index >= 15 is 0 Å². The smallest absolute Gasteiger partial charge is 0.262 e. The van der Waals surface area contributed by atoms with Gasteiger partial charge in [0, 0.05) is 22.9 Å². The molecule has 0 aliphatic rings. The molecular formula is C22H20ClN3O2S. The lowest BCUT2D eigenvalue weighted by Gasteiger charge is -2.13. The first-order valence-electron chi connectivity index (χ1n) is 9.31. The van der Waals surface area contributed by atoms with Crippen LogP contribution in [0.3, 0.4) is 0 Å². The molecule has 2 aromatic heterocycles. The maximum atomic E-state index is 13.2. The minimum absolute atomic E-state index is 0.0224. The Bertz CT molecular complexity index is 1200. The topological polar surface area (TPSA) is 60.9 Å². The summed E-state index contributed by atoms with van der Waals surface area (Å²) in [6, 6.07) is 15.2. The summed E-state index contributed by atoms with van der Waals surface area (Å²) in [5, 5.41) is 6.04. The van der Waals surface area contributed by atoms with Gasteiger partial charge in [-0.1, -0.05) is 52.8 Å². The normalized spacial score (nSPS) is 11.3. The van der Waals surface area contributed by atoms with Crippen LogP contribution < -0.4 is 5.56 Å². The maximum Gasteiger partial charge on any atom is 0.262 e. The fourth-order valence-electron chi connectivity index (χ4n) is 3.19. The Morgan fingerprint density at radius 1 is 1.10 bits per heavy atom. The molecule has 0 radical (unpaired) electrons. The van der Waals surface area contributed by atoms with Gasteiger partial charge in [-0.15, -0.1) is 0 Å². The van der Waals surface area contributed by atoms with Gasteiger partial charge in [-0.2, -0.15) is 0 Å². The van der Waals surface area contributed by atoms with Crippen molar-refractivity contribution >= 4 is 34.3 Å². The van der Waals surface area contributed by atoms with Crippen molar-refractivity contribution < 1.29 is 4.52 Å². The van der Waals surface area contributed by atoms with Crippen LogP contribution in [-0.2, 0) is 18.7 Å². The van der Waals surface area contributed by atoms with E-state index in [4.69, 9.17) is 21.1 Å². The fourth-order valence-corrected chi connectivity index (χ4v) is 4.50. The number of hydrogen-bond donors (Lipinski definition) is 0. The summed E-state index contributed by atoms with van der Waals surface area (Å²) < 4.78 is 7.02. The van der Waals surface area contributed by atoms with E-state index < -0.39 is 0 Å². The first-order valence-corrected chi connectivity index (χ1v) is 10.7. The van der Waals surface area contributed by atoms with E-state index in [0.29, 0.717) is 33.4 Å². The molecule has 0 bridgehead atoms. The van der Waals surface area contributed by atoms with Crippen molar-refractivity contribution in [2.24, 2.45) is 0 Å². The molecule has 0 spiro atoms. The fraction of sp³-hybridized carbons (Fsp3) is 0.227. The number of rotatable bonds is 6. The Hall–Kier alpha value is -2.57. The lowest BCUT2D eigenvalue weighted by Crippen LogP contribution is -2.24. The Morgan fingerprint density at radius 3 is 2.59 bits per heavy atom. The molecule has 7 heteroatoms. The number of nitrogens with zero attached hydrogens (tertiary/aromatic N) is 3. The van der Waals surface area contributed by atoms with Gasteiger partial charge in [-0.05, 0) is 50.1 Å². The molecule has 0 aliphatic carbocycles. The zero-order chi connectivity index (χ0) is 20.4. The van der Waals surface area contributed by atoms with Crippen molar-refractivity contribution in [1.29, 1.82) is 0 Å². The molecule has 0 fully saturated rings. The van der Waals surface area contributed by atoms with Crippen LogP contribution in [0.1, 0.15) is 22.6 Å². The molecule has 0 aliphatic heterocycles. The molecule has 0 saturated carbocycles. The lowest BCUT2D eigenvalue weighted by atomic mass is 10.1. The molecule has 4 rings (SSSR count). The first kappa shape index (κ1) is 19.7. The van der Waals surface area contributed by atoms with Crippen LogP contribution in [0.2, 0.25) is 5.02 Å². The van der Waals surface area contributed by atoms with Gasteiger partial charge in [0.25, 0.3) is 5.56 Å². The average Bonchev–Trinajstić information content (AvgIpc) is 3.05. The van der Waals surface area contributed by atoms with Gasteiger partial charge in [0.2, 0.25) is 0 Å². The van der Waals surface area contributed by atoms with Crippen LogP contribution in [0, 0.1) is 13.8 Å². The van der Waals surface area contributed by atoms with E-state index in [-0.39, 0.29) is 5.56 Å². The Balaban J connectivity index is 1.68. The molecule has 0 saturated heterocycles. The van der Waals surface area contributed by atoms with Crippen LogP contribution in [0.4, 0.5) is 0 Å². The van der Waals surface area contributed by atoms with Crippen LogP contribution in [0.15, 0.2) is 63.0 Å². The predicted molar refractivity (Wildman–Crippen MR) is 117 cm³/mol. The molecule has 0 atom stereocenters. The van der Waals surface area contributed by atoms with Gasteiger partial charge in [-0.3, -0.25) is 9.36 Å². The highest BCUT2D eigenvalue weighted by atomic mass is 35.5. The van der Waals surface area contributed by atoms with Crippen LogP contribution in [-0.4, -0.2) is 14.7 Å². The van der Waals surface area contributed by atoms with E-state index in [1.165, 1.54) is 11.8 Å². The van der Waals surface area contributed by atoms with Gasteiger partial charge in [0.1, 0.15) is 5.76 Å². The third-order valence-corrected chi connectivity index (χ3v) is 6.15. The summed E-state index contributed by atoms with van der Waals surface area (Å²) in [7, 11) is 0. The first-order chi connectivity index (χ1) is 14.0. The molecule has 2 aromatic carbocycles. The largest absolute Gasteiger partial charge is 0.361 e. The number of thioether (sulfide) groups is 1. The van der Waals surface area contributed by atoms with Gasteiger partial charge in [-0.25, -0.2) is 4.98 Å². The highest BCUT2D eigenvalue weighted by Crippen LogP contribution is 2.26. The molecule has 0 N–H and O–H groups in total. The molecule has 5 nitrogen and oxygen atoms in total. The van der Waals surface area contributed by atoms with Crippen LogP contribution >= 0.6 is 23.4 Å².